The molecule has 1 aromatic heterocycles. The zero-order valence-electron chi connectivity index (χ0n) is 13.1. The molecule has 0 saturated carbocycles. The monoisotopic (exact) mass is 352 g/mol. The van der Waals surface area contributed by atoms with E-state index in [2.05, 4.69) is 10.3 Å². The van der Waals surface area contributed by atoms with Crippen LogP contribution in [-0.4, -0.2) is 26.7 Å². The summed E-state index contributed by atoms with van der Waals surface area (Å²) in [4.78, 5) is 25.7. The summed E-state index contributed by atoms with van der Waals surface area (Å²) in [6.45, 7) is 0.730. The molecule has 2 aromatic carbocycles. The number of hydrogen-bond donors (Lipinski definition) is 0. The van der Waals surface area contributed by atoms with E-state index < -0.39 is 11.7 Å². The van der Waals surface area contributed by atoms with E-state index in [1.54, 1.807) is 29.1 Å². The van der Waals surface area contributed by atoms with E-state index in [-0.39, 0.29) is 6.54 Å². The van der Waals surface area contributed by atoms with Gasteiger partial charge in [0.2, 0.25) is 0 Å². The standard InChI is InChI=1S/C18H13ClN4O2/c19-15-8-4-7-14-16(15)23(18(25)17(14)24)11-13-10-22(21-20-13)9-12-5-2-1-3-6-12/h1-8,10H,9,11H2. The molecule has 1 aliphatic rings. The number of halogens is 1. The van der Waals surface area contributed by atoms with Crippen LogP contribution in [0.1, 0.15) is 21.6 Å². The van der Waals surface area contributed by atoms with Gasteiger partial charge in [0.05, 0.1) is 35.6 Å². The van der Waals surface area contributed by atoms with Crippen molar-refractivity contribution in [2.75, 3.05) is 4.90 Å². The number of ketones is 1. The SMILES string of the molecule is O=C1C(=O)N(Cc2cn(Cc3ccccc3)nn2)c2c(Cl)cccc21. The summed E-state index contributed by atoms with van der Waals surface area (Å²) in [5.74, 6) is -1.14. The molecule has 7 heteroatoms. The molecule has 0 saturated heterocycles. The highest BCUT2D eigenvalue weighted by molar-refractivity contribution is 6.54. The zero-order valence-corrected chi connectivity index (χ0v) is 13.8. The van der Waals surface area contributed by atoms with Gasteiger partial charge in [0.1, 0.15) is 5.69 Å². The molecule has 1 aliphatic heterocycles. The molecule has 25 heavy (non-hydrogen) atoms. The number of para-hydroxylation sites is 1. The largest absolute Gasteiger partial charge is 0.299 e. The van der Waals surface area contributed by atoms with E-state index in [1.165, 1.54) is 4.90 Å². The van der Waals surface area contributed by atoms with Gasteiger partial charge in [-0.3, -0.25) is 14.5 Å². The summed E-state index contributed by atoms with van der Waals surface area (Å²) in [7, 11) is 0. The van der Waals surface area contributed by atoms with Gasteiger partial charge in [-0.1, -0.05) is 53.2 Å². The Morgan fingerprint density at radius 2 is 1.76 bits per heavy atom. The summed E-state index contributed by atoms with van der Waals surface area (Å²) >= 11 is 6.19. The Hall–Kier alpha value is -2.99. The number of benzene rings is 2. The van der Waals surface area contributed by atoms with Crippen LogP contribution in [0.3, 0.4) is 0 Å². The molecule has 0 aliphatic carbocycles. The number of fused-ring (bicyclic) bond motifs is 1. The fraction of sp³-hybridized carbons (Fsp3) is 0.111. The minimum absolute atomic E-state index is 0.149. The van der Waals surface area contributed by atoms with Gasteiger partial charge in [0, 0.05) is 0 Å². The molecule has 0 N–H and O–H groups in total. The third-order valence-electron chi connectivity index (χ3n) is 4.03. The van der Waals surface area contributed by atoms with Gasteiger partial charge in [-0.25, -0.2) is 4.68 Å². The van der Waals surface area contributed by atoms with Gasteiger partial charge < -0.3 is 0 Å². The van der Waals surface area contributed by atoms with Gasteiger partial charge in [0.25, 0.3) is 11.7 Å². The molecule has 0 bridgehead atoms. The van der Waals surface area contributed by atoms with Crippen LogP contribution in [0.15, 0.2) is 54.7 Å². The van der Waals surface area contributed by atoms with Crippen LogP contribution in [-0.2, 0) is 17.9 Å². The van der Waals surface area contributed by atoms with Gasteiger partial charge in [-0.15, -0.1) is 5.10 Å². The quantitative estimate of drug-likeness (QED) is 0.677. The highest BCUT2D eigenvalue weighted by atomic mass is 35.5. The number of nitrogens with zero attached hydrogens (tertiary/aromatic N) is 4. The van der Waals surface area contributed by atoms with Crippen LogP contribution >= 0.6 is 11.6 Å². The van der Waals surface area contributed by atoms with E-state index in [0.717, 1.165) is 5.56 Å². The Bertz CT molecular complexity index is 968. The van der Waals surface area contributed by atoms with Crippen molar-refractivity contribution in [1.29, 1.82) is 0 Å². The second kappa shape index (κ2) is 6.14. The van der Waals surface area contributed by atoms with E-state index >= 15 is 0 Å². The van der Waals surface area contributed by atoms with Crippen molar-refractivity contribution in [2.24, 2.45) is 0 Å². The lowest BCUT2D eigenvalue weighted by Gasteiger charge is -2.15. The highest BCUT2D eigenvalue weighted by Crippen LogP contribution is 2.36. The number of carbonyl (C=O) groups is 2. The van der Waals surface area contributed by atoms with Gasteiger partial charge in [-0.2, -0.15) is 0 Å². The van der Waals surface area contributed by atoms with Gasteiger partial charge in [-0.05, 0) is 17.7 Å². The van der Waals surface area contributed by atoms with Crippen LogP contribution in [0.2, 0.25) is 5.02 Å². The number of Topliss-reactive ketones (excluding diaryl/α,β-unsaturated/α-hetero) is 1. The molecule has 0 spiro atoms. The van der Waals surface area contributed by atoms with Crippen molar-refractivity contribution < 1.29 is 9.59 Å². The number of amides is 1. The highest BCUT2D eigenvalue weighted by Gasteiger charge is 2.37. The van der Waals surface area contributed by atoms with Crippen LogP contribution in [0.4, 0.5) is 5.69 Å². The van der Waals surface area contributed by atoms with Crippen molar-refractivity contribution in [3.05, 3.63) is 76.6 Å². The first-order chi connectivity index (χ1) is 12.1. The van der Waals surface area contributed by atoms with Crippen LogP contribution < -0.4 is 4.90 Å². The maximum atomic E-state index is 12.3. The molecule has 3 aromatic rings. The second-order valence-corrected chi connectivity index (χ2v) is 6.16. The molecule has 6 nitrogen and oxygen atoms in total. The number of hydrogen-bond acceptors (Lipinski definition) is 4. The van der Waals surface area contributed by atoms with Crippen LogP contribution in [0.5, 0.6) is 0 Å². The third kappa shape index (κ3) is 2.81. The zero-order chi connectivity index (χ0) is 17.4. The lowest BCUT2D eigenvalue weighted by atomic mass is 10.1. The summed E-state index contributed by atoms with van der Waals surface area (Å²) in [6, 6.07) is 14.8. The Morgan fingerprint density at radius 3 is 2.56 bits per heavy atom. The maximum Gasteiger partial charge on any atom is 0.299 e. The summed E-state index contributed by atoms with van der Waals surface area (Å²) in [5.41, 5.74) is 2.45. The van der Waals surface area contributed by atoms with Crippen molar-refractivity contribution in [2.45, 2.75) is 13.1 Å². The molecule has 0 unspecified atom stereocenters. The maximum absolute atomic E-state index is 12.3. The second-order valence-electron chi connectivity index (χ2n) is 5.75. The van der Waals surface area contributed by atoms with Crippen LogP contribution in [0, 0.1) is 0 Å². The first-order valence-electron chi connectivity index (χ1n) is 7.71. The number of rotatable bonds is 4. The topological polar surface area (TPSA) is 68.1 Å². The number of carbonyl (C=O) groups excluding carboxylic acids is 2. The summed E-state index contributed by atoms with van der Waals surface area (Å²) in [5, 5.41) is 8.56. The van der Waals surface area contributed by atoms with E-state index in [1.807, 2.05) is 30.3 Å². The van der Waals surface area contributed by atoms with Crippen molar-refractivity contribution in [3.8, 4) is 0 Å². The minimum atomic E-state index is -0.597. The third-order valence-corrected chi connectivity index (χ3v) is 4.34. The smallest absolute Gasteiger partial charge is 0.297 e. The van der Waals surface area contributed by atoms with Gasteiger partial charge >= 0.3 is 0 Å². The predicted molar refractivity (Wildman–Crippen MR) is 92.5 cm³/mol. The molecular formula is C18H13ClN4O2. The molecule has 1 amide bonds. The fourth-order valence-electron chi connectivity index (χ4n) is 2.88. The Labute approximate surface area is 148 Å². The van der Waals surface area contributed by atoms with Crippen LogP contribution in [0.25, 0.3) is 0 Å². The molecule has 0 fully saturated rings. The first-order valence-corrected chi connectivity index (χ1v) is 8.09. The molecule has 4 rings (SSSR count). The van der Waals surface area contributed by atoms with Crippen molar-refractivity contribution in [1.82, 2.24) is 15.0 Å². The average molecular weight is 353 g/mol. The summed E-state index contributed by atoms with van der Waals surface area (Å²) in [6.07, 6.45) is 1.76. The normalized spacial score (nSPS) is 13.4. The van der Waals surface area contributed by atoms with E-state index in [0.29, 0.717) is 28.5 Å². The molecule has 124 valence electrons. The number of aromatic nitrogens is 3. The molecule has 0 radical (unpaired) electrons. The molecule has 2 heterocycles. The van der Waals surface area contributed by atoms with E-state index in [9.17, 15) is 9.59 Å². The molecule has 0 atom stereocenters. The predicted octanol–water partition coefficient (Wildman–Crippen LogP) is 2.71. The Kier molecular flexibility index (Phi) is 3.82. The average Bonchev–Trinajstić information content (AvgIpc) is 3.15. The Balaban J connectivity index is 1.58. The first kappa shape index (κ1) is 15.5. The van der Waals surface area contributed by atoms with E-state index in [4.69, 9.17) is 11.6 Å². The fourth-order valence-corrected chi connectivity index (χ4v) is 3.16. The minimum Gasteiger partial charge on any atom is -0.297 e. The lowest BCUT2D eigenvalue weighted by molar-refractivity contribution is -0.114. The number of anilines is 1. The lowest BCUT2D eigenvalue weighted by Crippen LogP contribution is -2.29. The summed E-state index contributed by atoms with van der Waals surface area (Å²) < 4.78 is 1.69. The molecular weight excluding hydrogens is 340 g/mol. The van der Waals surface area contributed by atoms with Crippen molar-refractivity contribution in [3.63, 3.8) is 0 Å². The Morgan fingerprint density at radius 1 is 0.960 bits per heavy atom. The van der Waals surface area contributed by atoms with Crippen molar-refractivity contribution >= 4 is 29.0 Å². The van der Waals surface area contributed by atoms with Gasteiger partial charge in [0.15, 0.2) is 0 Å².